The molecule has 1 heterocycles. The van der Waals surface area contributed by atoms with Crippen LogP contribution < -0.4 is 16.2 Å². The predicted molar refractivity (Wildman–Crippen MR) is 120 cm³/mol. The van der Waals surface area contributed by atoms with Crippen molar-refractivity contribution in [3.63, 3.8) is 0 Å². The number of thiocarbonyl (C=S) groups is 1. The molecule has 0 atom stereocenters. The van der Waals surface area contributed by atoms with Crippen LogP contribution in [0.1, 0.15) is 35.3 Å². The number of hydrazine groups is 1. The van der Waals surface area contributed by atoms with Crippen molar-refractivity contribution < 1.29 is 4.79 Å². The summed E-state index contributed by atoms with van der Waals surface area (Å²) in [6.07, 6.45) is 1.73. The van der Waals surface area contributed by atoms with Gasteiger partial charge in [-0.2, -0.15) is 5.10 Å². The van der Waals surface area contributed by atoms with Crippen LogP contribution >= 0.6 is 12.2 Å². The van der Waals surface area contributed by atoms with Gasteiger partial charge in [-0.25, -0.2) is 4.68 Å². The number of nitrogens with zero attached hydrogens (tertiary/aromatic N) is 2. The molecule has 3 N–H and O–H groups in total. The number of hydrogen-bond donors (Lipinski definition) is 3. The molecule has 1 aromatic heterocycles. The highest BCUT2D eigenvalue weighted by molar-refractivity contribution is 7.80. The average Bonchev–Trinajstić information content (AvgIpc) is 3.14. The van der Waals surface area contributed by atoms with Gasteiger partial charge in [0.1, 0.15) is 5.69 Å². The zero-order valence-corrected chi connectivity index (χ0v) is 17.8. The lowest BCUT2D eigenvalue weighted by molar-refractivity contribution is 0.0944. The molecule has 0 saturated carbocycles. The van der Waals surface area contributed by atoms with E-state index in [9.17, 15) is 4.79 Å². The van der Waals surface area contributed by atoms with Crippen LogP contribution in [0.25, 0.3) is 16.9 Å². The van der Waals surface area contributed by atoms with E-state index in [1.165, 1.54) is 5.56 Å². The number of para-hydroxylation sites is 1. The van der Waals surface area contributed by atoms with Crippen molar-refractivity contribution in [3.8, 4) is 16.9 Å². The van der Waals surface area contributed by atoms with Crippen LogP contribution in [0.5, 0.6) is 0 Å². The summed E-state index contributed by atoms with van der Waals surface area (Å²) in [6, 6.07) is 15.9. The Morgan fingerprint density at radius 2 is 1.76 bits per heavy atom. The molecular weight excluding hydrogens is 382 g/mol. The number of nitrogens with one attached hydrogen (secondary N) is 3. The van der Waals surface area contributed by atoms with E-state index >= 15 is 0 Å². The van der Waals surface area contributed by atoms with Crippen LogP contribution in [0.4, 0.5) is 0 Å². The summed E-state index contributed by atoms with van der Waals surface area (Å²) in [7, 11) is 0. The van der Waals surface area contributed by atoms with E-state index in [-0.39, 0.29) is 11.9 Å². The molecule has 2 aromatic carbocycles. The third kappa shape index (κ3) is 5.00. The third-order valence-electron chi connectivity index (χ3n) is 4.47. The fourth-order valence-corrected chi connectivity index (χ4v) is 3.12. The van der Waals surface area contributed by atoms with Crippen molar-refractivity contribution in [1.29, 1.82) is 0 Å². The van der Waals surface area contributed by atoms with Gasteiger partial charge in [-0.15, -0.1) is 0 Å². The first kappa shape index (κ1) is 20.5. The van der Waals surface area contributed by atoms with Gasteiger partial charge >= 0.3 is 0 Å². The van der Waals surface area contributed by atoms with E-state index in [4.69, 9.17) is 17.3 Å². The third-order valence-corrected chi connectivity index (χ3v) is 4.69. The number of amides is 1. The smallest absolute Gasteiger partial charge is 0.273 e. The van der Waals surface area contributed by atoms with Crippen LogP contribution in [0.2, 0.25) is 0 Å². The maximum Gasteiger partial charge on any atom is 0.273 e. The Labute approximate surface area is 176 Å². The summed E-state index contributed by atoms with van der Waals surface area (Å²) in [6.45, 7) is 8.04. The Balaban J connectivity index is 1.95. The number of hydrogen-bond acceptors (Lipinski definition) is 3. The SMILES string of the molecule is Cc1ccc(-c2nn(-c3ccccc3)cc2C(=O)NNC(=S)NC(C)C)cc1C. The van der Waals surface area contributed by atoms with E-state index in [0.29, 0.717) is 16.4 Å². The molecule has 150 valence electrons. The number of aromatic nitrogens is 2. The number of carbonyl (C=O) groups excluding carboxylic acids is 1. The molecule has 0 saturated heterocycles. The molecule has 0 aliphatic carbocycles. The number of benzene rings is 2. The monoisotopic (exact) mass is 407 g/mol. The molecule has 0 fully saturated rings. The number of carbonyl (C=O) groups is 1. The summed E-state index contributed by atoms with van der Waals surface area (Å²) in [5.41, 5.74) is 10.6. The van der Waals surface area contributed by atoms with Gasteiger partial charge in [-0.3, -0.25) is 15.6 Å². The molecule has 7 heteroatoms. The standard InChI is InChI=1S/C22H25N5OS/c1-14(2)23-22(29)25-24-21(28)19-13-27(18-8-6-5-7-9-18)26-20(19)17-11-10-15(3)16(4)12-17/h5-14H,1-4H3,(H,24,28)(H2,23,25,29). The van der Waals surface area contributed by atoms with E-state index < -0.39 is 0 Å². The zero-order chi connectivity index (χ0) is 21.0. The Morgan fingerprint density at radius 3 is 2.41 bits per heavy atom. The highest BCUT2D eigenvalue weighted by Crippen LogP contribution is 2.25. The Bertz CT molecular complexity index is 1030. The van der Waals surface area contributed by atoms with Crippen molar-refractivity contribution >= 4 is 23.2 Å². The first-order chi connectivity index (χ1) is 13.8. The van der Waals surface area contributed by atoms with Gasteiger partial charge in [-0.1, -0.05) is 30.3 Å². The highest BCUT2D eigenvalue weighted by Gasteiger charge is 2.19. The second-order valence-corrected chi connectivity index (χ2v) is 7.59. The maximum atomic E-state index is 12.9. The van der Waals surface area contributed by atoms with Crippen LogP contribution in [0.15, 0.2) is 54.7 Å². The lowest BCUT2D eigenvalue weighted by Gasteiger charge is -2.13. The van der Waals surface area contributed by atoms with Gasteiger partial charge in [0.05, 0.1) is 11.3 Å². The quantitative estimate of drug-likeness (QED) is 0.455. The van der Waals surface area contributed by atoms with Crippen molar-refractivity contribution in [2.24, 2.45) is 0 Å². The summed E-state index contributed by atoms with van der Waals surface area (Å²) >= 11 is 5.18. The molecule has 3 rings (SSSR count). The van der Waals surface area contributed by atoms with Crippen molar-refractivity contribution in [1.82, 2.24) is 25.9 Å². The largest absolute Gasteiger partial charge is 0.359 e. The van der Waals surface area contributed by atoms with E-state index in [0.717, 1.165) is 16.8 Å². The van der Waals surface area contributed by atoms with Crippen molar-refractivity contribution in [2.75, 3.05) is 0 Å². The summed E-state index contributed by atoms with van der Waals surface area (Å²) in [5, 5.41) is 8.08. The Hall–Kier alpha value is -3.19. The molecule has 0 spiro atoms. The molecule has 0 unspecified atom stereocenters. The minimum absolute atomic E-state index is 0.166. The van der Waals surface area contributed by atoms with E-state index in [2.05, 4.69) is 23.1 Å². The molecule has 0 aliphatic rings. The van der Waals surface area contributed by atoms with Gasteiger partial charge in [0.2, 0.25) is 0 Å². The van der Waals surface area contributed by atoms with Crippen LogP contribution in [-0.2, 0) is 0 Å². The minimum Gasteiger partial charge on any atom is -0.359 e. The lowest BCUT2D eigenvalue weighted by atomic mass is 10.0. The maximum absolute atomic E-state index is 12.9. The molecule has 0 bridgehead atoms. The molecule has 6 nitrogen and oxygen atoms in total. The first-order valence-corrected chi connectivity index (χ1v) is 9.85. The normalized spacial score (nSPS) is 10.7. The minimum atomic E-state index is -0.312. The summed E-state index contributed by atoms with van der Waals surface area (Å²) in [4.78, 5) is 12.9. The molecule has 3 aromatic rings. The van der Waals surface area contributed by atoms with Crippen molar-refractivity contribution in [2.45, 2.75) is 33.7 Å². The van der Waals surface area contributed by atoms with Crippen molar-refractivity contribution in [3.05, 3.63) is 71.4 Å². The molecule has 1 amide bonds. The number of rotatable bonds is 4. The fourth-order valence-electron chi connectivity index (χ4n) is 2.83. The lowest BCUT2D eigenvalue weighted by Crippen LogP contribution is -2.48. The highest BCUT2D eigenvalue weighted by atomic mass is 32.1. The van der Waals surface area contributed by atoms with Crippen LogP contribution in [-0.4, -0.2) is 26.8 Å². The molecular formula is C22H25N5OS. The molecule has 0 radical (unpaired) electrons. The number of aryl methyl sites for hydroxylation is 2. The van der Waals surface area contributed by atoms with Gasteiger partial charge in [-0.05, 0) is 69.2 Å². The summed E-state index contributed by atoms with van der Waals surface area (Å²) in [5.74, 6) is -0.312. The van der Waals surface area contributed by atoms with E-state index in [1.54, 1.807) is 10.9 Å². The van der Waals surface area contributed by atoms with Gasteiger partial charge in [0.15, 0.2) is 5.11 Å². The Kier molecular flexibility index (Phi) is 6.29. The van der Waals surface area contributed by atoms with E-state index in [1.807, 2.05) is 69.3 Å². The van der Waals surface area contributed by atoms with Gasteiger partial charge in [0, 0.05) is 17.8 Å². The van der Waals surface area contributed by atoms with Crippen LogP contribution in [0.3, 0.4) is 0 Å². The second-order valence-electron chi connectivity index (χ2n) is 7.18. The molecule has 0 aliphatic heterocycles. The summed E-state index contributed by atoms with van der Waals surface area (Å²) < 4.78 is 1.71. The van der Waals surface area contributed by atoms with Gasteiger partial charge in [0.25, 0.3) is 5.91 Å². The molecule has 29 heavy (non-hydrogen) atoms. The fraction of sp³-hybridized carbons (Fsp3) is 0.227. The Morgan fingerprint density at radius 1 is 1.03 bits per heavy atom. The topological polar surface area (TPSA) is 71.0 Å². The average molecular weight is 408 g/mol. The first-order valence-electron chi connectivity index (χ1n) is 9.44. The predicted octanol–water partition coefficient (Wildman–Crippen LogP) is 3.67. The zero-order valence-electron chi connectivity index (χ0n) is 17.0. The van der Waals surface area contributed by atoms with Crippen LogP contribution in [0, 0.1) is 13.8 Å². The van der Waals surface area contributed by atoms with Gasteiger partial charge < -0.3 is 5.32 Å². The second kappa shape index (κ2) is 8.87.